The summed E-state index contributed by atoms with van der Waals surface area (Å²) in [6.45, 7) is 6.49. The zero-order valence-corrected chi connectivity index (χ0v) is 18.1. The Balaban J connectivity index is 1.65. The summed E-state index contributed by atoms with van der Waals surface area (Å²) >= 11 is 1.58. The highest BCUT2D eigenvalue weighted by Gasteiger charge is 2.49. The molecule has 0 radical (unpaired) electrons. The van der Waals surface area contributed by atoms with Gasteiger partial charge in [-0.15, -0.1) is 11.3 Å². The van der Waals surface area contributed by atoms with E-state index in [0.717, 1.165) is 4.88 Å². The number of thiophene rings is 1. The van der Waals surface area contributed by atoms with Gasteiger partial charge in [-0.25, -0.2) is 4.79 Å². The van der Waals surface area contributed by atoms with E-state index in [4.69, 9.17) is 4.74 Å². The summed E-state index contributed by atoms with van der Waals surface area (Å²) in [5, 5.41) is 4.83. The first-order chi connectivity index (χ1) is 13.9. The molecule has 1 aromatic heterocycles. The number of nitrogens with one attached hydrogen (secondary N) is 1. The van der Waals surface area contributed by atoms with Crippen LogP contribution >= 0.6 is 11.3 Å². The van der Waals surface area contributed by atoms with E-state index in [-0.39, 0.29) is 36.3 Å². The van der Waals surface area contributed by atoms with Crippen LogP contribution < -0.4 is 5.32 Å². The maximum atomic E-state index is 13.0. The van der Waals surface area contributed by atoms with Crippen molar-refractivity contribution in [1.29, 1.82) is 0 Å². The minimum Gasteiger partial charge on any atom is -0.383 e. The van der Waals surface area contributed by atoms with Crippen molar-refractivity contribution in [1.82, 2.24) is 20.0 Å². The molecule has 0 bridgehead atoms. The molecule has 3 heterocycles. The number of urea groups is 1. The Morgan fingerprint density at radius 1 is 1.31 bits per heavy atom. The van der Waals surface area contributed by atoms with Crippen LogP contribution in [0.5, 0.6) is 0 Å². The number of nitrogens with zero attached hydrogens (tertiary/aromatic N) is 3. The Labute approximate surface area is 175 Å². The molecule has 0 unspecified atom stereocenters. The fourth-order valence-electron chi connectivity index (χ4n) is 3.97. The average molecular weight is 423 g/mol. The maximum Gasteiger partial charge on any atom is 0.321 e. The monoisotopic (exact) mass is 422 g/mol. The van der Waals surface area contributed by atoms with Crippen molar-refractivity contribution in [3.05, 3.63) is 22.4 Å². The number of carbonyl (C=O) groups is 3. The smallest absolute Gasteiger partial charge is 0.321 e. The summed E-state index contributed by atoms with van der Waals surface area (Å²) in [6.07, 6.45) is 0.614. The van der Waals surface area contributed by atoms with Crippen molar-refractivity contribution in [2.45, 2.75) is 38.9 Å². The Hall–Kier alpha value is -2.13. The van der Waals surface area contributed by atoms with E-state index < -0.39 is 6.04 Å². The quantitative estimate of drug-likeness (QED) is 0.652. The molecule has 9 heteroatoms. The summed E-state index contributed by atoms with van der Waals surface area (Å²) < 4.78 is 5.14. The standard InChI is InChI=1S/C20H30N4O4S/c1-14(2)9-17-19(26)22(6-7-28-3)11-15-12-23(20(27)24(15)17)13-18(25)21-10-16-5-4-8-29-16/h4-5,8,14-15,17H,6-7,9-13H2,1-3H3,(H,21,25)/t15-,17-/m0/s1. The highest BCUT2D eigenvalue weighted by molar-refractivity contribution is 7.09. The van der Waals surface area contributed by atoms with Gasteiger partial charge in [0.25, 0.3) is 0 Å². The van der Waals surface area contributed by atoms with Crippen LogP contribution in [0.25, 0.3) is 0 Å². The van der Waals surface area contributed by atoms with E-state index in [9.17, 15) is 14.4 Å². The molecule has 1 N–H and O–H groups in total. The van der Waals surface area contributed by atoms with Crippen molar-refractivity contribution < 1.29 is 19.1 Å². The van der Waals surface area contributed by atoms with Gasteiger partial charge in [-0.05, 0) is 23.8 Å². The summed E-state index contributed by atoms with van der Waals surface area (Å²) in [5.74, 6) is 0.0711. The fraction of sp³-hybridized carbons (Fsp3) is 0.650. The molecular formula is C20H30N4O4S. The van der Waals surface area contributed by atoms with Gasteiger partial charge in [0.1, 0.15) is 12.6 Å². The van der Waals surface area contributed by atoms with Crippen LogP contribution in [0.2, 0.25) is 0 Å². The predicted octanol–water partition coefficient (Wildman–Crippen LogP) is 1.37. The van der Waals surface area contributed by atoms with Gasteiger partial charge in [0.15, 0.2) is 0 Å². The fourth-order valence-corrected chi connectivity index (χ4v) is 4.62. The van der Waals surface area contributed by atoms with Gasteiger partial charge in [0, 0.05) is 31.6 Å². The minimum absolute atomic E-state index is 0.0118. The molecule has 3 rings (SSSR count). The molecule has 4 amide bonds. The van der Waals surface area contributed by atoms with E-state index in [2.05, 4.69) is 5.32 Å². The van der Waals surface area contributed by atoms with Crippen LogP contribution in [0.1, 0.15) is 25.1 Å². The van der Waals surface area contributed by atoms with Gasteiger partial charge < -0.3 is 24.8 Å². The first-order valence-corrected chi connectivity index (χ1v) is 10.9. The number of ether oxygens (including phenoxy) is 1. The number of fused-ring (bicyclic) bond motifs is 1. The van der Waals surface area contributed by atoms with E-state index in [1.54, 1.807) is 33.1 Å². The van der Waals surface area contributed by atoms with Crippen molar-refractivity contribution in [3.63, 3.8) is 0 Å². The first-order valence-electron chi connectivity index (χ1n) is 10.0. The van der Waals surface area contributed by atoms with E-state index in [1.165, 1.54) is 0 Å². The largest absolute Gasteiger partial charge is 0.383 e. The van der Waals surface area contributed by atoms with E-state index in [1.807, 2.05) is 31.4 Å². The Morgan fingerprint density at radius 3 is 2.72 bits per heavy atom. The molecule has 1 aromatic rings. The molecule has 160 valence electrons. The van der Waals surface area contributed by atoms with Crippen molar-refractivity contribution in [3.8, 4) is 0 Å². The number of carbonyl (C=O) groups excluding carboxylic acids is 3. The number of piperazine rings is 1. The van der Waals surface area contributed by atoms with Crippen molar-refractivity contribution >= 4 is 29.2 Å². The summed E-state index contributed by atoms with van der Waals surface area (Å²) in [7, 11) is 1.61. The van der Waals surface area contributed by atoms with Gasteiger partial charge in [0.05, 0.1) is 19.2 Å². The second-order valence-corrected chi connectivity index (χ2v) is 9.03. The summed E-state index contributed by atoms with van der Waals surface area (Å²) in [4.78, 5) is 44.5. The lowest BCUT2D eigenvalue weighted by Gasteiger charge is -2.42. The van der Waals surface area contributed by atoms with Crippen LogP contribution in [-0.2, 0) is 20.9 Å². The molecule has 0 saturated carbocycles. The van der Waals surface area contributed by atoms with Crippen molar-refractivity contribution in [2.24, 2.45) is 5.92 Å². The molecule has 2 aliphatic heterocycles. The topological polar surface area (TPSA) is 82.2 Å². The van der Waals surface area contributed by atoms with E-state index in [0.29, 0.717) is 39.2 Å². The molecule has 2 saturated heterocycles. The Bertz CT molecular complexity index is 724. The third kappa shape index (κ3) is 5.08. The van der Waals surface area contributed by atoms with Crippen LogP contribution in [0.3, 0.4) is 0 Å². The molecule has 0 aliphatic carbocycles. The predicted molar refractivity (Wildman–Crippen MR) is 110 cm³/mol. The number of hydrogen-bond acceptors (Lipinski definition) is 5. The van der Waals surface area contributed by atoms with Crippen LogP contribution in [0, 0.1) is 5.92 Å². The molecule has 0 spiro atoms. The van der Waals surface area contributed by atoms with Gasteiger partial charge in [-0.3, -0.25) is 9.59 Å². The molecular weight excluding hydrogens is 392 g/mol. The second kappa shape index (κ2) is 9.58. The lowest BCUT2D eigenvalue weighted by atomic mass is 9.97. The Kier molecular flexibility index (Phi) is 7.13. The molecule has 2 atom stereocenters. The number of amides is 4. The third-order valence-electron chi connectivity index (χ3n) is 5.31. The highest BCUT2D eigenvalue weighted by Crippen LogP contribution is 2.29. The highest BCUT2D eigenvalue weighted by atomic mass is 32.1. The normalized spacial score (nSPS) is 21.9. The molecule has 8 nitrogen and oxygen atoms in total. The molecule has 2 fully saturated rings. The second-order valence-electron chi connectivity index (χ2n) is 8.00. The zero-order valence-electron chi connectivity index (χ0n) is 17.3. The first kappa shape index (κ1) is 21.6. The lowest BCUT2D eigenvalue weighted by Crippen LogP contribution is -2.61. The van der Waals surface area contributed by atoms with Gasteiger partial charge >= 0.3 is 6.03 Å². The van der Waals surface area contributed by atoms with Gasteiger partial charge in [-0.1, -0.05) is 19.9 Å². The zero-order chi connectivity index (χ0) is 21.0. The van der Waals surface area contributed by atoms with E-state index >= 15 is 0 Å². The van der Waals surface area contributed by atoms with Gasteiger partial charge in [-0.2, -0.15) is 0 Å². The number of hydrogen-bond donors (Lipinski definition) is 1. The number of rotatable bonds is 9. The minimum atomic E-state index is -0.475. The molecule has 2 aliphatic rings. The average Bonchev–Trinajstić information content (AvgIpc) is 3.29. The maximum absolute atomic E-state index is 13.0. The molecule has 29 heavy (non-hydrogen) atoms. The lowest BCUT2D eigenvalue weighted by molar-refractivity contribution is -0.143. The number of methoxy groups -OCH3 is 1. The molecule has 0 aromatic carbocycles. The SMILES string of the molecule is COCCN1C[C@H]2CN(CC(=O)NCc3cccs3)C(=O)N2[C@@H](CC(C)C)C1=O. The van der Waals surface area contributed by atoms with Crippen LogP contribution in [-0.4, -0.2) is 84.5 Å². The van der Waals surface area contributed by atoms with Crippen LogP contribution in [0.4, 0.5) is 4.79 Å². The van der Waals surface area contributed by atoms with Gasteiger partial charge in [0.2, 0.25) is 11.8 Å². The van der Waals surface area contributed by atoms with Crippen molar-refractivity contribution in [2.75, 3.05) is 39.9 Å². The summed E-state index contributed by atoms with van der Waals surface area (Å²) in [6, 6.07) is 3.12. The summed E-state index contributed by atoms with van der Waals surface area (Å²) in [5.41, 5.74) is 0. The van der Waals surface area contributed by atoms with Crippen LogP contribution in [0.15, 0.2) is 17.5 Å². The Morgan fingerprint density at radius 2 is 2.07 bits per heavy atom. The third-order valence-corrected chi connectivity index (χ3v) is 6.19.